The van der Waals surface area contributed by atoms with Gasteiger partial charge in [-0.3, -0.25) is 9.59 Å². The van der Waals surface area contributed by atoms with Crippen molar-refractivity contribution in [2.45, 2.75) is 34.1 Å². The van der Waals surface area contributed by atoms with Crippen LogP contribution in [0.3, 0.4) is 0 Å². The molecule has 0 spiro atoms. The fourth-order valence-corrected chi connectivity index (χ4v) is 2.27. The number of hydrogen-bond acceptors (Lipinski definition) is 5. The summed E-state index contributed by atoms with van der Waals surface area (Å²) in [5, 5.41) is 5.00. The number of rotatable bonds is 9. The van der Waals surface area contributed by atoms with Gasteiger partial charge >= 0.3 is 5.97 Å². The van der Waals surface area contributed by atoms with Gasteiger partial charge in [-0.1, -0.05) is 24.6 Å². The van der Waals surface area contributed by atoms with Gasteiger partial charge in [0.05, 0.1) is 6.54 Å². The van der Waals surface area contributed by atoms with E-state index in [0.717, 1.165) is 23.1 Å². The van der Waals surface area contributed by atoms with Crippen molar-refractivity contribution in [3.63, 3.8) is 0 Å². The third kappa shape index (κ3) is 7.69. The molecule has 0 aliphatic carbocycles. The van der Waals surface area contributed by atoms with Crippen LogP contribution in [0.1, 0.15) is 30.0 Å². The van der Waals surface area contributed by atoms with Crippen molar-refractivity contribution >= 4 is 17.8 Å². The average molecular weight is 350 g/mol. The minimum Gasteiger partial charge on any atom is -0.481 e. The summed E-state index contributed by atoms with van der Waals surface area (Å²) < 4.78 is 10.3. The van der Waals surface area contributed by atoms with Gasteiger partial charge in [-0.15, -0.1) is 0 Å². The molecule has 0 atom stereocenters. The third-order valence-electron chi connectivity index (χ3n) is 3.32. The molecule has 0 fully saturated rings. The number of esters is 1. The van der Waals surface area contributed by atoms with E-state index in [9.17, 15) is 14.4 Å². The van der Waals surface area contributed by atoms with Gasteiger partial charge < -0.3 is 20.1 Å². The molecule has 1 aromatic carbocycles. The normalized spacial score (nSPS) is 10.1. The molecule has 0 bridgehead atoms. The van der Waals surface area contributed by atoms with Crippen LogP contribution >= 0.6 is 0 Å². The number of carbonyl (C=O) groups is 3. The van der Waals surface area contributed by atoms with E-state index in [-0.39, 0.29) is 19.1 Å². The van der Waals surface area contributed by atoms with Crippen molar-refractivity contribution in [1.82, 2.24) is 10.6 Å². The molecule has 0 aliphatic heterocycles. The highest BCUT2D eigenvalue weighted by molar-refractivity contribution is 5.86. The van der Waals surface area contributed by atoms with Crippen LogP contribution in [0, 0.1) is 20.8 Å². The van der Waals surface area contributed by atoms with Gasteiger partial charge in [0.2, 0.25) is 5.91 Å². The first kappa shape index (κ1) is 20.5. The fourth-order valence-electron chi connectivity index (χ4n) is 2.27. The first-order valence-electron chi connectivity index (χ1n) is 8.23. The first-order chi connectivity index (χ1) is 11.8. The molecule has 7 nitrogen and oxygen atoms in total. The lowest BCUT2D eigenvalue weighted by atomic mass is 10.1. The van der Waals surface area contributed by atoms with Crippen molar-refractivity contribution in [1.29, 1.82) is 0 Å². The zero-order valence-corrected chi connectivity index (χ0v) is 15.2. The number of amides is 2. The van der Waals surface area contributed by atoms with E-state index in [0.29, 0.717) is 12.3 Å². The SMILES string of the molecule is CCCNC(=O)CNC(=O)COC(=O)COc1c(C)cc(C)cc1C. The highest BCUT2D eigenvalue weighted by Gasteiger charge is 2.12. The number of aryl methyl sites for hydroxylation is 3. The number of ether oxygens (including phenoxy) is 2. The van der Waals surface area contributed by atoms with Crippen LogP contribution in [0.15, 0.2) is 12.1 Å². The summed E-state index contributed by atoms with van der Waals surface area (Å²) in [7, 11) is 0. The Labute approximate surface area is 148 Å². The lowest BCUT2D eigenvalue weighted by molar-refractivity contribution is -0.150. The van der Waals surface area contributed by atoms with Crippen LogP contribution in [-0.2, 0) is 19.1 Å². The first-order valence-corrected chi connectivity index (χ1v) is 8.23. The second kappa shape index (κ2) is 10.3. The lowest BCUT2D eigenvalue weighted by Crippen LogP contribution is -2.39. The van der Waals surface area contributed by atoms with Gasteiger partial charge in [-0.05, 0) is 38.3 Å². The van der Waals surface area contributed by atoms with Crippen molar-refractivity contribution in [3.8, 4) is 5.75 Å². The van der Waals surface area contributed by atoms with Crippen LogP contribution < -0.4 is 15.4 Å². The van der Waals surface area contributed by atoms with Crippen LogP contribution in [0.5, 0.6) is 5.75 Å². The average Bonchev–Trinajstić information content (AvgIpc) is 2.55. The van der Waals surface area contributed by atoms with Gasteiger partial charge in [0, 0.05) is 6.54 Å². The van der Waals surface area contributed by atoms with Crippen molar-refractivity contribution < 1.29 is 23.9 Å². The summed E-state index contributed by atoms with van der Waals surface area (Å²) in [5.74, 6) is -0.831. The molecule has 0 heterocycles. The monoisotopic (exact) mass is 350 g/mol. The van der Waals surface area contributed by atoms with E-state index in [1.807, 2.05) is 39.8 Å². The van der Waals surface area contributed by atoms with Crippen LogP contribution in [0.25, 0.3) is 0 Å². The Kier molecular flexibility index (Phi) is 8.46. The summed E-state index contributed by atoms with van der Waals surface area (Å²) >= 11 is 0. The number of carbonyl (C=O) groups excluding carboxylic acids is 3. The number of hydrogen-bond donors (Lipinski definition) is 2. The molecule has 2 N–H and O–H groups in total. The molecule has 0 aliphatic rings. The van der Waals surface area contributed by atoms with E-state index in [1.54, 1.807) is 0 Å². The zero-order chi connectivity index (χ0) is 18.8. The predicted octanol–water partition coefficient (Wildman–Crippen LogP) is 1.18. The predicted molar refractivity (Wildman–Crippen MR) is 93.4 cm³/mol. The van der Waals surface area contributed by atoms with Gasteiger partial charge in [0.15, 0.2) is 13.2 Å². The Morgan fingerprint density at radius 2 is 1.60 bits per heavy atom. The van der Waals surface area contributed by atoms with E-state index >= 15 is 0 Å². The second-order valence-corrected chi connectivity index (χ2v) is 5.80. The molecule has 0 saturated carbocycles. The highest BCUT2D eigenvalue weighted by atomic mass is 16.6. The topological polar surface area (TPSA) is 93.7 Å². The molecule has 0 saturated heterocycles. The lowest BCUT2D eigenvalue weighted by Gasteiger charge is -2.12. The quantitative estimate of drug-likeness (QED) is 0.652. The van der Waals surface area contributed by atoms with Crippen molar-refractivity contribution in [2.75, 3.05) is 26.3 Å². The maximum Gasteiger partial charge on any atom is 0.344 e. The molecule has 0 unspecified atom stereocenters. The van der Waals surface area contributed by atoms with E-state index in [4.69, 9.17) is 9.47 Å². The summed E-state index contributed by atoms with van der Waals surface area (Å²) in [6, 6.07) is 3.93. The summed E-state index contributed by atoms with van der Waals surface area (Å²) in [5.41, 5.74) is 2.98. The Morgan fingerprint density at radius 1 is 0.960 bits per heavy atom. The zero-order valence-electron chi connectivity index (χ0n) is 15.2. The minimum atomic E-state index is -0.648. The maximum absolute atomic E-state index is 11.7. The molecule has 7 heteroatoms. The van der Waals surface area contributed by atoms with E-state index < -0.39 is 18.5 Å². The largest absolute Gasteiger partial charge is 0.481 e. The van der Waals surface area contributed by atoms with E-state index in [1.165, 1.54) is 0 Å². The molecule has 25 heavy (non-hydrogen) atoms. The van der Waals surface area contributed by atoms with Gasteiger partial charge in [-0.25, -0.2) is 4.79 Å². The molecule has 2 amide bonds. The molecule has 0 aromatic heterocycles. The fraction of sp³-hybridized carbons (Fsp3) is 0.500. The van der Waals surface area contributed by atoms with Crippen LogP contribution in [0.2, 0.25) is 0 Å². The van der Waals surface area contributed by atoms with Crippen molar-refractivity contribution in [2.24, 2.45) is 0 Å². The van der Waals surface area contributed by atoms with E-state index in [2.05, 4.69) is 10.6 Å². The minimum absolute atomic E-state index is 0.144. The number of benzene rings is 1. The molecule has 0 radical (unpaired) electrons. The van der Waals surface area contributed by atoms with Gasteiger partial charge in [0.1, 0.15) is 5.75 Å². The molecule has 1 rings (SSSR count). The summed E-state index contributed by atoms with van der Waals surface area (Å²) in [6.07, 6.45) is 0.817. The second-order valence-electron chi connectivity index (χ2n) is 5.80. The molecule has 1 aromatic rings. The Hall–Kier alpha value is -2.57. The molecular formula is C18H26N2O5. The summed E-state index contributed by atoms with van der Waals surface area (Å²) in [6.45, 7) is 7.40. The van der Waals surface area contributed by atoms with Gasteiger partial charge in [0.25, 0.3) is 5.91 Å². The molecule has 138 valence electrons. The van der Waals surface area contributed by atoms with Crippen molar-refractivity contribution in [3.05, 3.63) is 28.8 Å². The standard InChI is InChI=1S/C18H26N2O5/c1-5-6-19-15(21)9-20-16(22)10-24-17(23)11-25-18-13(3)7-12(2)8-14(18)4/h7-8H,5-6,9-11H2,1-4H3,(H,19,21)(H,20,22). The van der Waals surface area contributed by atoms with Crippen LogP contribution in [0.4, 0.5) is 0 Å². The smallest absolute Gasteiger partial charge is 0.344 e. The van der Waals surface area contributed by atoms with Crippen LogP contribution in [-0.4, -0.2) is 44.1 Å². The summed E-state index contributed by atoms with van der Waals surface area (Å²) in [4.78, 5) is 34.6. The Bertz CT molecular complexity index is 605. The number of nitrogens with one attached hydrogen (secondary N) is 2. The van der Waals surface area contributed by atoms with Gasteiger partial charge in [-0.2, -0.15) is 0 Å². The highest BCUT2D eigenvalue weighted by Crippen LogP contribution is 2.24. The third-order valence-corrected chi connectivity index (χ3v) is 3.32. The Morgan fingerprint density at radius 3 is 2.20 bits per heavy atom. The Balaban J connectivity index is 2.31. The maximum atomic E-state index is 11.7. The molecular weight excluding hydrogens is 324 g/mol.